The average Bonchev–Trinajstić information content (AvgIpc) is 2.64. The molecule has 0 rings (SSSR count). The second kappa shape index (κ2) is 18.7. The molecule has 0 fully saturated rings. The van der Waals surface area contributed by atoms with E-state index in [1.165, 1.54) is 70.6 Å². The van der Waals surface area contributed by atoms with Crippen LogP contribution in [-0.2, 0) is 4.79 Å². The molecular formula is C21H40N2O3. The van der Waals surface area contributed by atoms with Crippen molar-refractivity contribution in [3.8, 4) is 6.07 Å². The molecule has 0 heterocycles. The van der Waals surface area contributed by atoms with E-state index in [-0.39, 0.29) is 18.9 Å². The van der Waals surface area contributed by atoms with Gasteiger partial charge in [-0.1, -0.05) is 90.4 Å². The van der Waals surface area contributed by atoms with Crippen LogP contribution in [0.2, 0.25) is 0 Å². The molecule has 0 aromatic heterocycles. The van der Waals surface area contributed by atoms with Crippen molar-refractivity contribution in [1.29, 1.82) is 5.26 Å². The number of nitrogens with one attached hydrogen (secondary N) is 1. The third kappa shape index (κ3) is 15.2. The zero-order valence-corrected chi connectivity index (χ0v) is 16.7. The van der Waals surface area contributed by atoms with Crippen LogP contribution >= 0.6 is 0 Å². The maximum absolute atomic E-state index is 11.5. The van der Waals surface area contributed by atoms with Gasteiger partial charge in [0.2, 0.25) is 5.91 Å². The van der Waals surface area contributed by atoms with Crippen molar-refractivity contribution in [3.05, 3.63) is 0 Å². The van der Waals surface area contributed by atoms with Crippen LogP contribution in [0.1, 0.15) is 103 Å². The minimum atomic E-state index is -0.963. The van der Waals surface area contributed by atoms with E-state index in [1.807, 2.05) is 0 Å². The zero-order chi connectivity index (χ0) is 19.5. The quantitative estimate of drug-likeness (QED) is 0.316. The first-order chi connectivity index (χ1) is 12.7. The summed E-state index contributed by atoms with van der Waals surface area (Å²) in [5.74, 6) is -0.389. The van der Waals surface area contributed by atoms with Crippen LogP contribution in [0.3, 0.4) is 0 Å². The van der Waals surface area contributed by atoms with E-state index >= 15 is 0 Å². The number of amides is 1. The number of aliphatic hydroxyl groups is 2. The number of rotatable bonds is 18. The van der Waals surface area contributed by atoms with Gasteiger partial charge in [0, 0.05) is 0 Å². The van der Waals surface area contributed by atoms with Gasteiger partial charge in [0.05, 0.1) is 24.8 Å². The summed E-state index contributed by atoms with van der Waals surface area (Å²) in [5.41, 5.74) is 0. The van der Waals surface area contributed by atoms with Crippen LogP contribution in [-0.4, -0.2) is 34.9 Å². The lowest BCUT2D eigenvalue weighted by Gasteiger charge is -2.22. The van der Waals surface area contributed by atoms with E-state index in [1.54, 1.807) is 6.07 Å². The SMILES string of the molecule is CCCCCCCCCCCCCCCC(NC(=O)CC#N)C(O)CO. The molecule has 1 amide bonds. The first-order valence-corrected chi connectivity index (χ1v) is 10.6. The van der Waals surface area contributed by atoms with E-state index in [2.05, 4.69) is 12.2 Å². The Morgan fingerprint density at radius 1 is 0.923 bits per heavy atom. The Balaban J connectivity index is 3.58. The molecule has 2 unspecified atom stereocenters. The normalized spacial score (nSPS) is 13.2. The van der Waals surface area contributed by atoms with Gasteiger partial charge < -0.3 is 15.5 Å². The van der Waals surface area contributed by atoms with Crippen molar-refractivity contribution in [1.82, 2.24) is 5.32 Å². The van der Waals surface area contributed by atoms with E-state index in [0.717, 1.165) is 12.8 Å². The van der Waals surface area contributed by atoms with Gasteiger partial charge in [-0.05, 0) is 6.42 Å². The van der Waals surface area contributed by atoms with Crippen molar-refractivity contribution in [2.24, 2.45) is 0 Å². The Labute approximate surface area is 160 Å². The highest BCUT2D eigenvalue weighted by Crippen LogP contribution is 2.14. The molecular weight excluding hydrogens is 328 g/mol. The number of unbranched alkanes of at least 4 members (excludes halogenated alkanes) is 12. The van der Waals surface area contributed by atoms with Crippen LogP contribution in [0.4, 0.5) is 0 Å². The van der Waals surface area contributed by atoms with E-state index in [0.29, 0.717) is 6.42 Å². The molecule has 0 aliphatic carbocycles. The molecule has 152 valence electrons. The van der Waals surface area contributed by atoms with Crippen LogP contribution in [0.5, 0.6) is 0 Å². The lowest BCUT2D eigenvalue weighted by molar-refractivity contribution is -0.122. The molecule has 3 N–H and O–H groups in total. The monoisotopic (exact) mass is 368 g/mol. The largest absolute Gasteiger partial charge is 0.394 e. The number of hydrogen-bond acceptors (Lipinski definition) is 4. The first kappa shape index (κ1) is 24.9. The maximum atomic E-state index is 11.5. The molecule has 0 aromatic rings. The Kier molecular flexibility index (Phi) is 17.9. The molecule has 0 bridgehead atoms. The number of nitrogens with zero attached hydrogens (tertiary/aromatic N) is 1. The standard InChI is InChI=1S/C21H40N2O3/c1-2-3-4-5-6-7-8-9-10-11-12-13-14-15-19(20(25)18-24)23-21(26)16-17-22/h19-20,24-25H,2-16,18H2,1H3,(H,23,26). The van der Waals surface area contributed by atoms with Crippen LogP contribution in [0.25, 0.3) is 0 Å². The molecule has 0 radical (unpaired) electrons. The van der Waals surface area contributed by atoms with Gasteiger partial charge in [-0.25, -0.2) is 0 Å². The van der Waals surface area contributed by atoms with Crippen molar-refractivity contribution >= 4 is 5.91 Å². The molecule has 0 aliphatic rings. The molecule has 0 aliphatic heterocycles. The molecule has 26 heavy (non-hydrogen) atoms. The summed E-state index contributed by atoms with van der Waals surface area (Å²) in [6, 6.07) is 1.33. The van der Waals surface area contributed by atoms with Crippen molar-refractivity contribution < 1.29 is 15.0 Å². The van der Waals surface area contributed by atoms with Gasteiger partial charge in [-0.15, -0.1) is 0 Å². The number of carbonyl (C=O) groups excluding carboxylic acids is 1. The Hall–Kier alpha value is -1.12. The van der Waals surface area contributed by atoms with E-state index in [9.17, 15) is 9.90 Å². The summed E-state index contributed by atoms with van der Waals surface area (Å²) < 4.78 is 0. The molecule has 0 saturated carbocycles. The third-order valence-corrected chi connectivity index (χ3v) is 4.86. The summed E-state index contributed by atoms with van der Waals surface area (Å²) in [6.07, 6.45) is 16.0. The summed E-state index contributed by atoms with van der Waals surface area (Å²) in [5, 5.41) is 30.0. The summed E-state index contributed by atoms with van der Waals surface area (Å²) in [7, 11) is 0. The zero-order valence-electron chi connectivity index (χ0n) is 16.7. The second-order valence-electron chi connectivity index (χ2n) is 7.29. The fourth-order valence-electron chi connectivity index (χ4n) is 3.20. The minimum Gasteiger partial charge on any atom is -0.394 e. The number of carbonyl (C=O) groups is 1. The lowest BCUT2D eigenvalue weighted by atomic mass is 10.0. The predicted molar refractivity (Wildman–Crippen MR) is 106 cm³/mol. The molecule has 0 saturated heterocycles. The summed E-state index contributed by atoms with van der Waals surface area (Å²) in [6.45, 7) is 1.87. The van der Waals surface area contributed by atoms with Crippen LogP contribution < -0.4 is 5.32 Å². The molecule has 5 heteroatoms. The highest BCUT2D eigenvalue weighted by atomic mass is 16.3. The van der Waals surface area contributed by atoms with Gasteiger partial charge in [-0.2, -0.15) is 5.26 Å². The number of aliphatic hydroxyl groups excluding tert-OH is 2. The number of nitriles is 1. The van der Waals surface area contributed by atoms with Gasteiger partial charge in [0.25, 0.3) is 0 Å². The fraction of sp³-hybridized carbons (Fsp3) is 0.905. The van der Waals surface area contributed by atoms with E-state index < -0.39 is 12.1 Å². The van der Waals surface area contributed by atoms with Crippen molar-refractivity contribution in [3.63, 3.8) is 0 Å². The molecule has 2 atom stereocenters. The average molecular weight is 369 g/mol. The summed E-state index contributed by atoms with van der Waals surface area (Å²) in [4.78, 5) is 11.5. The first-order valence-electron chi connectivity index (χ1n) is 10.6. The highest BCUT2D eigenvalue weighted by molar-refractivity contribution is 5.78. The summed E-state index contributed by atoms with van der Waals surface area (Å²) >= 11 is 0. The Bertz CT molecular complexity index is 369. The van der Waals surface area contributed by atoms with Gasteiger partial charge in [0.1, 0.15) is 6.42 Å². The van der Waals surface area contributed by atoms with Crippen LogP contribution in [0.15, 0.2) is 0 Å². The maximum Gasteiger partial charge on any atom is 0.234 e. The smallest absolute Gasteiger partial charge is 0.234 e. The minimum absolute atomic E-state index is 0.215. The molecule has 5 nitrogen and oxygen atoms in total. The fourth-order valence-corrected chi connectivity index (χ4v) is 3.20. The molecule has 0 aromatic carbocycles. The van der Waals surface area contributed by atoms with Gasteiger partial charge in [0.15, 0.2) is 0 Å². The second-order valence-corrected chi connectivity index (χ2v) is 7.29. The van der Waals surface area contributed by atoms with Crippen molar-refractivity contribution in [2.45, 2.75) is 115 Å². The van der Waals surface area contributed by atoms with E-state index in [4.69, 9.17) is 10.4 Å². The topological polar surface area (TPSA) is 93.4 Å². The number of hydrogen-bond donors (Lipinski definition) is 3. The van der Waals surface area contributed by atoms with Gasteiger partial charge >= 0.3 is 0 Å². The lowest BCUT2D eigenvalue weighted by Crippen LogP contribution is -2.44. The Morgan fingerprint density at radius 2 is 1.38 bits per heavy atom. The third-order valence-electron chi connectivity index (χ3n) is 4.86. The molecule has 0 spiro atoms. The highest BCUT2D eigenvalue weighted by Gasteiger charge is 2.19. The van der Waals surface area contributed by atoms with Crippen LogP contribution in [0, 0.1) is 11.3 Å². The van der Waals surface area contributed by atoms with Gasteiger partial charge in [-0.3, -0.25) is 4.79 Å². The van der Waals surface area contributed by atoms with Crippen molar-refractivity contribution in [2.75, 3.05) is 6.61 Å². The predicted octanol–water partition coefficient (Wildman–Crippen LogP) is 4.22. The Morgan fingerprint density at radius 3 is 1.81 bits per heavy atom.